The van der Waals surface area contributed by atoms with Gasteiger partial charge in [0, 0.05) is 0 Å². The summed E-state index contributed by atoms with van der Waals surface area (Å²) < 4.78 is 37.9. The second-order valence-corrected chi connectivity index (χ2v) is 4.90. The fraction of sp³-hybridized carbons (Fsp3) is 0.0667. The fourth-order valence-corrected chi connectivity index (χ4v) is 1.84. The first kappa shape index (κ1) is 16.8. The van der Waals surface area contributed by atoms with Crippen molar-refractivity contribution in [3.05, 3.63) is 64.2 Å². The minimum absolute atomic E-state index is 0.0138. The summed E-state index contributed by atoms with van der Waals surface area (Å²) >= 11 is 5.81. The second-order valence-electron chi connectivity index (χ2n) is 4.49. The number of hydrazone groups is 1. The molecule has 23 heavy (non-hydrogen) atoms. The van der Waals surface area contributed by atoms with Crippen LogP contribution < -0.4 is 5.43 Å². The summed E-state index contributed by atoms with van der Waals surface area (Å²) in [7, 11) is 0. The number of carboxylic acids is 1. The maximum atomic E-state index is 12.6. The zero-order valence-corrected chi connectivity index (χ0v) is 12.2. The number of carboxylic acid groups (broad SMARTS) is 1. The molecular formula is C15H10ClF3N2O2. The minimum atomic E-state index is -4.47. The molecule has 0 amide bonds. The molecule has 0 spiro atoms. The quantitative estimate of drug-likeness (QED) is 0.635. The van der Waals surface area contributed by atoms with Gasteiger partial charge in [-0.2, -0.15) is 18.3 Å². The molecular weight excluding hydrogens is 333 g/mol. The van der Waals surface area contributed by atoms with Crippen molar-refractivity contribution in [3.63, 3.8) is 0 Å². The molecule has 0 bridgehead atoms. The van der Waals surface area contributed by atoms with Gasteiger partial charge in [-0.3, -0.25) is 5.43 Å². The summed E-state index contributed by atoms with van der Waals surface area (Å²) in [6.07, 6.45) is -3.14. The maximum Gasteiger partial charge on any atom is 0.416 e. The van der Waals surface area contributed by atoms with Gasteiger partial charge in [-0.15, -0.1) is 0 Å². The summed E-state index contributed by atoms with van der Waals surface area (Å²) in [4.78, 5) is 10.7. The standard InChI is InChI=1S/C15H10ClF3N2O2/c16-12-6-5-11(15(17,18)19)7-13(12)21-20-8-9-1-3-10(4-2-9)14(22)23/h1-8,21H,(H,22,23)/b20-8-. The van der Waals surface area contributed by atoms with Crippen LogP contribution in [0.5, 0.6) is 0 Å². The molecule has 0 saturated carbocycles. The molecule has 0 aliphatic rings. The topological polar surface area (TPSA) is 61.7 Å². The van der Waals surface area contributed by atoms with Crippen molar-refractivity contribution in [2.45, 2.75) is 6.18 Å². The van der Waals surface area contributed by atoms with Crippen LogP contribution in [-0.2, 0) is 6.18 Å². The van der Waals surface area contributed by atoms with E-state index >= 15 is 0 Å². The molecule has 0 heterocycles. The van der Waals surface area contributed by atoms with Gasteiger partial charge in [0.2, 0.25) is 0 Å². The molecule has 0 aromatic heterocycles. The molecule has 0 aliphatic carbocycles. The van der Waals surface area contributed by atoms with Crippen LogP contribution in [0.15, 0.2) is 47.6 Å². The number of rotatable bonds is 4. The number of alkyl halides is 3. The number of benzene rings is 2. The molecule has 2 N–H and O–H groups in total. The molecule has 4 nitrogen and oxygen atoms in total. The summed E-state index contributed by atoms with van der Waals surface area (Å²) in [5.41, 5.74) is 2.30. The summed E-state index contributed by atoms with van der Waals surface area (Å²) in [6, 6.07) is 8.67. The van der Waals surface area contributed by atoms with Gasteiger partial charge in [-0.25, -0.2) is 4.79 Å². The number of nitrogens with zero attached hydrogens (tertiary/aromatic N) is 1. The van der Waals surface area contributed by atoms with E-state index in [1.165, 1.54) is 30.5 Å². The monoisotopic (exact) mass is 342 g/mol. The highest BCUT2D eigenvalue weighted by atomic mass is 35.5. The molecule has 2 rings (SSSR count). The van der Waals surface area contributed by atoms with E-state index in [-0.39, 0.29) is 16.3 Å². The fourth-order valence-electron chi connectivity index (χ4n) is 1.68. The Morgan fingerprint density at radius 2 is 1.83 bits per heavy atom. The summed E-state index contributed by atoms with van der Waals surface area (Å²) in [5.74, 6) is -1.05. The number of anilines is 1. The zero-order valence-electron chi connectivity index (χ0n) is 11.4. The molecule has 8 heteroatoms. The third kappa shape index (κ3) is 4.46. The van der Waals surface area contributed by atoms with Gasteiger partial charge < -0.3 is 5.11 Å². The molecule has 0 unspecified atom stereocenters. The number of nitrogens with one attached hydrogen (secondary N) is 1. The van der Waals surface area contributed by atoms with E-state index in [9.17, 15) is 18.0 Å². The molecule has 2 aromatic rings. The molecule has 120 valence electrons. The van der Waals surface area contributed by atoms with Crippen molar-refractivity contribution in [2.24, 2.45) is 5.10 Å². The first-order valence-corrected chi connectivity index (χ1v) is 6.64. The Kier molecular flexibility index (Phi) is 4.90. The zero-order chi connectivity index (χ0) is 17.0. The highest BCUT2D eigenvalue weighted by Gasteiger charge is 2.30. The average Bonchev–Trinajstić information content (AvgIpc) is 2.48. The Morgan fingerprint density at radius 1 is 1.17 bits per heavy atom. The van der Waals surface area contributed by atoms with Gasteiger partial charge in [0.05, 0.1) is 28.1 Å². The van der Waals surface area contributed by atoms with Crippen molar-refractivity contribution in [1.29, 1.82) is 0 Å². The Labute approximate surface area is 134 Å². The SMILES string of the molecule is O=C(O)c1ccc(/C=N\Nc2cc(C(F)(F)F)ccc2Cl)cc1. The second kappa shape index (κ2) is 6.70. The van der Waals surface area contributed by atoms with Gasteiger partial charge in [-0.05, 0) is 35.9 Å². The Balaban J connectivity index is 2.12. The highest BCUT2D eigenvalue weighted by Crippen LogP contribution is 2.33. The first-order chi connectivity index (χ1) is 10.8. The lowest BCUT2D eigenvalue weighted by atomic mass is 10.1. The van der Waals surface area contributed by atoms with Crippen molar-refractivity contribution in [1.82, 2.24) is 0 Å². The lowest BCUT2D eigenvalue weighted by molar-refractivity contribution is -0.137. The Hall–Kier alpha value is -2.54. The predicted molar refractivity (Wildman–Crippen MR) is 81.1 cm³/mol. The van der Waals surface area contributed by atoms with E-state index < -0.39 is 17.7 Å². The number of hydrogen-bond donors (Lipinski definition) is 2. The van der Waals surface area contributed by atoms with Crippen LogP contribution in [0.25, 0.3) is 0 Å². The molecule has 0 saturated heterocycles. The molecule has 0 fully saturated rings. The smallest absolute Gasteiger partial charge is 0.416 e. The minimum Gasteiger partial charge on any atom is -0.478 e. The third-order valence-electron chi connectivity index (χ3n) is 2.85. The van der Waals surface area contributed by atoms with Crippen LogP contribution in [0.2, 0.25) is 5.02 Å². The van der Waals surface area contributed by atoms with Crippen molar-refractivity contribution in [2.75, 3.05) is 5.43 Å². The van der Waals surface area contributed by atoms with Gasteiger partial charge in [-0.1, -0.05) is 23.7 Å². The van der Waals surface area contributed by atoms with Crippen LogP contribution in [0, 0.1) is 0 Å². The van der Waals surface area contributed by atoms with Gasteiger partial charge >= 0.3 is 12.1 Å². The van der Waals surface area contributed by atoms with E-state index in [0.29, 0.717) is 5.56 Å². The molecule has 0 atom stereocenters. The van der Waals surface area contributed by atoms with Crippen molar-refractivity contribution < 1.29 is 23.1 Å². The summed E-state index contributed by atoms with van der Waals surface area (Å²) in [5, 5.41) is 12.7. The van der Waals surface area contributed by atoms with Gasteiger partial charge in [0.1, 0.15) is 0 Å². The number of aromatic carboxylic acids is 1. The van der Waals surface area contributed by atoms with Crippen LogP contribution in [0.3, 0.4) is 0 Å². The predicted octanol–water partition coefficient (Wildman–Crippen LogP) is 4.50. The van der Waals surface area contributed by atoms with E-state index in [1.54, 1.807) is 0 Å². The van der Waals surface area contributed by atoms with Gasteiger partial charge in [0.15, 0.2) is 0 Å². The van der Waals surface area contributed by atoms with E-state index in [0.717, 1.165) is 18.2 Å². The lowest BCUT2D eigenvalue weighted by Gasteiger charge is -2.09. The van der Waals surface area contributed by atoms with E-state index in [1.807, 2.05) is 0 Å². The van der Waals surface area contributed by atoms with Crippen LogP contribution >= 0.6 is 11.6 Å². The van der Waals surface area contributed by atoms with Crippen LogP contribution in [-0.4, -0.2) is 17.3 Å². The third-order valence-corrected chi connectivity index (χ3v) is 3.18. The molecule has 0 aliphatic heterocycles. The maximum absolute atomic E-state index is 12.6. The number of carbonyl (C=O) groups is 1. The van der Waals surface area contributed by atoms with Crippen LogP contribution in [0.1, 0.15) is 21.5 Å². The number of halogens is 4. The first-order valence-electron chi connectivity index (χ1n) is 6.26. The normalized spacial score (nSPS) is 11.7. The molecule has 2 aromatic carbocycles. The van der Waals surface area contributed by atoms with Crippen molar-refractivity contribution in [3.8, 4) is 0 Å². The lowest BCUT2D eigenvalue weighted by Crippen LogP contribution is -2.05. The Morgan fingerprint density at radius 3 is 2.39 bits per heavy atom. The van der Waals surface area contributed by atoms with Crippen molar-refractivity contribution >= 4 is 29.5 Å². The van der Waals surface area contributed by atoms with Crippen LogP contribution in [0.4, 0.5) is 18.9 Å². The highest BCUT2D eigenvalue weighted by molar-refractivity contribution is 6.33. The van der Waals surface area contributed by atoms with E-state index in [2.05, 4.69) is 10.5 Å². The average molecular weight is 343 g/mol. The summed E-state index contributed by atoms with van der Waals surface area (Å²) in [6.45, 7) is 0. The molecule has 0 radical (unpaired) electrons. The number of hydrogen-bond acceptors (Lipinski definition) is 3. The van der Waals surface area contributed by atoms with E-state index in [4.69, 9.17) is 16.7 Å². The Bertz CT molecular complexity index is 743. The largest absolute Gasteiger partial charge is 0.478 e. The van der Waals surface area contributed by atoms with Gasteiger partial charge in [0.25, 0.3) is 0 Å².